The Morgan fingerprint density at radius 3 is 2.61 bits per heavy atom. The molecule has 0 bridgehead atoms. The second-order valence-electron chi connectivity index (χ2n) is 5.49. The molecule has 122 valence electrons. The van der Waals surface area contributed by atoms with Gasteiger partial charge in [-0.2, -0.15) is 0 Å². The van der Waals surface area contributed by atoms with Gasteiger partial charge in [-0.15, -0.1) is 12.4 Å². The number of rotatable bonds is 3. The van der Waals surface area contributed by atoms with Gasteiger partial charge < -0.3 is 10.6 Å². The highest BCUT2D eigenvalue weighted by Crippen LogP contribution is 2.24. The lowest BCUT2D eigenvalue weighted by Gasteiger charge is -2.23. The average Bonchev–Trinajstić information content (AvgIpc) is 2.57. The number of aromatic nitrogens is 1. The van der Waals surface area contributed by atoms with Crippen LogP contribution in [0.2, 0.25) is 5.15 Å². The molecule has 3 rings (SSSR count). The first-order chi connectivity index (χ1) is 10.7. The van der Waals surface area contributed by atoms with Crippen LogP contribution in [0.4, 0.5) is 5.69 Å². The molecule has 1 fully saturated rings. The molecule has 1 atom stereocenters. The van der Waals surface area contributed by atoms with E-state index in [9.17, 15) is 4.79 Å². The number of carbonyl (C=O) groups excluding carboxylic acids is 1. The largest absolute Gasteiger partial charge is 0.322 e. The molecular formula is C17H19Cl2N3O. The van der Waals surface area contributed by atoms with Crippen LogP contribution >= 0.6 is 24.0 Å². The summed E-state index contributed by atoms with van der Waals surface area (Å²) in [5.41, 5.74) is 2.59. The summed E-state index contributed by atoms with van der Waals surface area (Å²) in [4.78, 5) is 16.0. The van der Waals surface area contributed by atoms with Crippen LogP contribution in [0.3, 0.4) is 0 Å². The Morgan fingerprint density at radius 2 is 2.00 bits per heavy atom. The van der Waals surface area contributed by atoms with Gasteiger partial charge >= 0.3 is 0 Å². The predicted molar refractivity (Wildman–Crippen MR) is 95.7 cm³/mol. The number of halogens is 2. The summed E-state index contributed by atoms with van der Waals surface area (Å²) in [5, 5.41) is 6.67. The zero-order valence-corrected chi connectivity index (χ0v) is 14.2. The maximum atomic E-state index is 12.1. The zero-order valence-electron chi connectivity index (χ0n) is 12.6. The number of nitrogens with zero attached hydrogens (tertiary/aromatic N) is 1. The summed E-state index contributed by atoms with van der Waals surface area (Å²) >= 11 is 5.72. The first-order valence-electron chi connectivity index (χ1n) is 7.46. The highest BCUT2D eigenvalue weighted by molar-refractivity contribution is 6.29. The number of nitrogens with one attached hydrogen (secondary N) is 2. The van der Waals surface area contributed by atoms with Crippen molar-refractivity contribution in [1.82, 2.24) is 10.3 Å². The van der Waals surface area contributed by atoms with Crippen LogP contribution in [0, 0.1) is 0 Å². The molecule has 1 aliphatic heterocycles. The van der Waals surface area contributed by atoms with E-state index in [1.54, 1.807) is 12.1 Å². The number of piperidine rings is 1. The number of benzene rings is 1. The summed E-state index contributed by atoms with van der Waals surface area (Å²) < 4.78 is 0. The molecule has 6 heteroatoms. The van der Waals surface area contributed by atoms with Gasteiger partial charge in [-0.1, -0.05) is 23.7 Å². The van der Waals surface area contributed by atoms with Crippen LogP contribution in [0.1, 0.15) is 34.7 Å². The summed E-state index contributed by atoms with van der Waals surface area (Å²) in [5.74, 6) is 0.384. The lowest BCUT2D eigenvalue weighted by molar-refractivity contribution is 0.102. The Kier molecular flexibility index (Phi) is 6.39. The van der Waals surface area contributed by atoms with Gasteiger partial charge in [0.1, 0.15) is 5.15 Å². The fourth-order valence-electron chi connectivity index (χ4n) is 2.69. The standard InChI is InChI=1S/C17H18ClN3O.ClH/c18-16-8-5-14(11-20-16)17(22)21-15-6-3-12(4-7-15)13-2-1-9-19-10-13;/h3-8,11,13,19H,1-2,9-10H2,(H,21,22);1H. The maximum absolute atomic E-state index is 12.1. The van der Waals surface area contributed by atoms with Crippen molar-refractivity contribution >= 4 is 35.6 Å². The molecule has 1 amide bonds. The monoisotopic (exact) mass is 351 g/mol. The van der Waals surface area contributed by atoms with E-state index < -0.39 is 0 Å². The van der Waals surface area contributed by atoms with Crippen LogP contribution in [0.15, 0.2) is 42.6 Å². The van der Waals surface area contributed by atoms with Crippen molar-refractivity contribution in [2.75, 3.05) is 18.4 Å². The number of hydrogen-bond acceptors (Lipinski definition) is 3. The molecule has 1 aromatic heterocycles. The Balaban J connectivity index is 0.00000192. The third kappa shape index (κ3) is 4.67. The second-order valence-corrected chi connectivity index (χ2v) is 5.88. The van der Waals surface area contributed by atoms with Crippen LogP contribution in [-0.4, -0.2) is 24.0 Å². The van der Waals surface area contributed by atoms with Crippen molar-refractivity contribution in [3.63, 3.8) is 0 Å². The van der Waals surface area contributed by atoms with Gasteiger partial charge in [-0.3, -0.25) is 4.79 Å². The first-order valence-corrected chi connectivity index (χ1v) is 7.84. The van der Waals surface area contributed by atoms with E-state index in [0.29, 0.717) is 16.6 Å². The van der Waals surface area contributed by atoms with E-state index >= 15 is 0 Å². The van der Waals surface area contributed by atoms with Gasteiger partial charge in [-0.25, -0.2) is 4.98 Å². The SMILES string of the molecule is Cl.O=C(Nc1ccc(C2CCCNC2)cc1)c1ccc(Cl)nc1. The molecular weight excluding hydrogens is 333 g/mol. The third-order valence-corrected chi connectivity index (χ3v) is 4.15. The fourth-order valence-corrected chi connectivity index (χ4v) is 2.80. The van der Waals surface area contributed by atoms with Gasteiger partial charge in [0.15, 0.2) is 0 Å². The van der Waals surface area contributed by atoms with E-state index in [2.05, 4.69) is 27.8 Å². The normalized spacial score (nSPS) is 17.2. The topological polar surface area (TPSA) is 54.0 Å². The van der Waals surface area contributed by atoms with E-state index in [1.807, 2.05) is 12.1 Å². The van der Waals surface area contributed by atoms with Crippen molar-refractivity contribution in [2.24, 2.45) is 0 Å². The van der Waals surface area contributed by atoms with Gasteiger partial charge in [0.25, 0.3) is 5.91 Å². The zero-order chi connectivity index (χ0) is 15.4. The molecule has 2 heterocycles. The number of pyridine rings is 1. The highest BCUT2D eigenvalue weighted by Gasteiger charge is 2.15. The molecule has 1 aromatic carbocycles. The number of anilines is 1. The van der Waals surface area contributed by atoms with Gasteiger partial charge in [-0.05, 0) is 55.1 Å². The van der Waals surface area contributed by atoms with Crippen molar-refractivity contribution < 1.29 is 4.79 Å². The average molecular weight is 352 g/mol. The minimum Gasteiger partial charge on any atom is -0.322 e. The Morgan fingerprint density at radius 1 is 1.22 bits per heavy atom. The first kappa shape index (κ1) is 17.7. The van der Waals surface area contributed by atoms with E-state index in [0.717, 1.165) is 18.8 Å². The molecule has 0 aliphatic carbocycles. The molecule has 1 unspecified atom stereocenters. The predicted octanol–water partition coefficient (Wildman–Crippen LogP) is 3.88. The molecule has 2 aromatic rings. The van der Waals surface area contributed by atoms with Gasteiger partial charge in [0.2, 0.25) is 0 Å². The quantitative estimate of drug-likeness (QED) is 0.825. The van der Waals surface area contributed by atoms with Crippen molar-refractivity contribution in [1.29, 1.82) is 0 Å². The molecule has 0 radical (unpaired) electrons. The highest BCUT2D eigenvalue weighted by atomic mass is 35.5. The van der Waals surface area contributed by atoms with Gasteiger partial charge in [0.05, 0.1) is 5.56 Å². The summed E-state index contributed by atoms with van der Waals surface area (Å²) in [6, 6.07) is 11.3. The number of amides is 1. The smallest absolute Gasteiger partial charge is 0.257 e. The molecule has 4 nitrogen and oxygen atoms in total. The van der Waals surface area contributed by atoms with E-state index in [1.165, 1.54) is 24.6 Å². The summed E-state index contributed by atoms with van der Waals surface area (Å²) in [6.45, 7) is 2.14. The molecule has 2 N–H and O–H groups in total. The molecule has 1 saturated heterocycles. The lowest BCUT2D eigenvalue weighted by Crippen LogP contribution is -2.28. The Hall–Kier alpha value is -1.62. The maximum Gasteiger partial charge on any atom is 0.257 e. The van der Waals surface area contributed by atoms with Gasteiger partial charge in [0, 0.05) is 18.4 Å². The van der Waals surface area contributed by atoms with Crippen LogP contribution < -0.4 is 10.6 Å². The summed E-state index contributed by atoms with van der Waals surface area (Å²) in [6.07, 6.45) is 3.90. The van der Waals surface area contributed by atoms with Crippen molar-refractivity contribution in [2.45, 2.75) is 18.8 Å². The van der Waals surface area contributed by atoms with E-state index in [-0.39, 0.29) is 18.3 Å². The van der Waals surface area contributed by atoms with E-state index in [4.69, 9.17) is 11.6 Å². The molecule has 0 saturated carbocycles. The lowest BCUT2D eigenvalue weighted by atomic mass is 9.92. The number of hydrogen-bond donors (Lipinski definition) is 2. The van der Waals surface area contributed by atoms with Crippen molar-refractivity contribution in [3.8, 4) is 0 Å². The molecule has 1 aliphatic rings. The minimum atomic E-state index is -0.184. The number of carbonyl (C=O) groups is 1. The van der Waals surface area contributed by atoms with Crippen LogP contribution in [0.25, 0.3) is 0 Å². The van der Waals surface area contributed by atoms with Crippen LogP contribution in [0.5, 0.6) is 0 Å². The Labute approximate surface area is 147 Å². The fraction of sp³-hybridized carbons (Fsp3) is 0.294. The van der Waals surface area contributed by atoms with Crippen LogP contribution in [-0.2, 0) is 0 Å². The minimum absolute atomic E-state index is 0. The summed E-state index contributed by atoms with van der Waals surface area (Å²) in [7, 11) is 0. The molecule has 23 heavy (non-hydrogen) atoms. The van der Waals surface area contributed by atoms with Crippen molar-refractivity contribution in [3.05, 3.63) is 58.9 Å². The Bertz CT molecular complexity index is 638. The molecule has 0 spiro atoms. The third-order valence-electron chi connectivity index (χ3n) is 3.93. The second kappa shape index (κ2) is 8.29.